The minimum atomic E-state index is -0.623. The second-order valence-corrected chi connectivity index (χ2v) is 5.37. The number of rotatable bonds is 8. The van der Waals surface area contributed by atoms with E-state index in [1.54, 1.807) is 0 Å². The number of carboxylic acids is 1. The molecule has 0 aromatic heterocycles. The van der Waals surface area contributed by atoms with Crippen LogP contribution in [0.1, 0.15) is 58.8 Å². The zero-order valence-corrected chi connectivity index (χ0v) is 11.3. The Morgan fingerprint density at radius 2 is 2.06 bits per heavy atom. The zero-order chi connectivity index (χ0) is 12.7. The fourth-order valence-electron chi connectivity index (χ4n) is 2.62. The van der Waals surface area contributed by atoms with Gasteiger partial charge in [-0.25, -0.2) is 0 Å². The van der Waals surface area contributed by atoms with Crippen LogP contribution in [0, 0.1) is 5.92 Å². The van der Waals surface area contributed by atoms with Gasteiger partial charge in [0.25, 0.3) is 0 Å². The molecule has 0 bridgehead atoms. The number of hydrogen-bond acceptors (Lipinski definition) is 2. The number of hydrogen-bond donors (Lipinski definition) is 1. The summed E-state index contributed by atoms with van der Waals surface area (Å²) in [7, 11) is 0. The summed E-state index contributed by atoms with van der Waals surface area (Å²) in [4.78, 5) is 13.2. The molecule has 0 radical (unpaired) electrons. The lowest BCUT2D eigenvalue weighted by Crippen LogP contribution is -2.31. The first kappa shape index (κ1) is 14.5. The van der Waals surface area contributed by atoms with Gasteiger partial charge in [0.1, 0.15) is 0 Å². The van der Waals surface area contributed by atoms with Gasteiger partial charge in [0, 0.05) is 12.6 Å². The van der Waals surface area contributed by atoms with Crippen molar-refractivity contribution in [3.63, 3.8) is 0 Å². The summed E-state index contributed by atoms with van der Waals surface area (Å²) in [5, 5.41) is 8.96. The lowest BCUT2D eigenvalue weighted by Gasteiger charge is -2.23. The van der Waals surface area contributed by atoms with Gasteiger partial charge >= 0.3 is 5.97 Å². The normalized spacial score (nSPS) is 22.8. The summed E-state index contributed by atoms with van der Waals surface area (Å²) in [5.74, 6) is -0.750. The maximum Gasteiger partial charge on any atom is 0.307 e. The van der Waals surface area contributed by atoms with E-state index in [0.717, 1.165) is 19.5 Å². The van der Waals surface area contributed by atoms with Crippen LogP contribution in [0.5, 0.6) is 0 Å². The van der Waals surface area contributed by atoms with E-state index in [-0.39, 0.29) is 5.92 Å². The van der Waals surface area contributed by atoms with Crippen molar-refractivity contribution in [1.29, 1.82) is 0 Å². The number of carbonyl (C=O) groups is 1. The summed E-state index contributed by atoms with van der Waals surface area (Å²) >= 11 is 0. The molecule has 3 nitrogen and oxygen atoms in total. The predicted octanol–water partition coefficient (Wildman–Crippen LogP) is 3.14. The number of unbranched alkanes of at least 4 members (excludes halogenated alkanes) is 4. The minimum Gasteiger partial charge on any atom is -0.481 e. The van der Waals surface area contributed by atoms with Gasteiger partial charge in [0.05, 0.1) is 5.92 Å². The molecule has 0 amide bonds. The van der Waals surface area contributed by atoms with E-state index in [1.165, 1.54) is 38.5 Å². The first-order chi connectivity index (χ1) is 8.15. The first-order valence-electron chi connectivity index (χ1n) is 7.12. The van der Waals surface area contributed by atoms with Gasteiger partial charge in [0.15, 0.2) is 0 Å². The van der Waals surface area contributed by atoms with Gasteiger partial charge in [-0.1, -0.05) is 39.0 Å². The van der Waals surface area contributed by atoms with Crippen molar-refractivity contribution in [1.82, 2.24) is 4.90 Å². The predicted molar refractivity (Wildman–Crippen MR) is 70.2 cm³/mol. The number of nitrogens with zero attached hydrogens (tertiary/aromatic N) is 1. The molecule has 2 atom stereocenters. The number of aliphatic carboxylic acids is 1. The summed E-state index contributed by atoms with van der Waals surface area (Å²) < 4.78 is 0. The lowest BCUT2D eigenvalue weighted by molar-refractivity contribution is -0.141. The van der Waals surface area contributed by atoms with E-state index in [9.17, 15) is 4.79 Å². The van der Waals surface area contributed by atoms with Crippen LogP contribution < -0.4 is 0 Å². The third-order valence-electron chi connectivity index (χ3n) is 3.92. The summed E-state index contributed by atoms with van der Waals surface area (Å²) in [6.45, 7) is 6.20. The molecule has 0 aromatic carbocycles. The van der Waals surface area contributed by atoms with Crippen molar-refractivity contribution in [3.05, 3.63) is 0 Å². The van der Waals surface area contributed by atoms with E-state index in [1.807, 2.05) is 0 Å². The van der Waals surface area contributed by atoms with Gasteiger partial charge in [-0.15, -0.1) is 0 Å². The third-order valence-corrected chi connectivity index (χ3v) is 3.92. The maximum absolute atomic E-state index is 10.9. The Bertz CT molecular complexity index is 230. The van der Waals surface area contributed by atoms with Crippen molar-refractivity contribution < 1.29 is 9.90 Å². The number of likely N-dealkylation sites (tertiary alicyclic amines) is 1. The maximum atomic E-state index is 10.9. The van der Waals surface area contributed by atoms with Gasteiger partial charge in [-0.3, -0.25) is 9.69 Å². The quantitative estimate of drug-likeness (QED) is 0.664. The molecule has 0 spiro atoms. The fraction of sp³-hybridized carbons (Fsp3) is 0.929. The molecule has 0 aliphatic carbocycles. The zero-order valence-electron chi connectivity index (χ0n) is 11.3. The third kappa shape index (κ3) is 5.07. The van der Waals surface area contributed by atoms with Gasteiger partial charge < -0.3 is 5.11 Å². The highest BCUT2D eigenvalue weighted by molar-refractivity contribution is 5.70. The van der Waals surface area contributed by atoms with Crippen LogP contribution in [0.3, 0.4) is 0 Å². The molecule has 100 valence electrons. The molecule has 1 fully saturated rings. The molecule has 3 heteroatoms. The molecule has 17 heavy (non-hydrogen) atoms. The average molecular weight is 241 g/mol. The van der Waals surface area contributed by atoms with E-state index >= 15 is 0 Å². The van der Waals surface area contributed by atoms with Crippen LogP contribution in [-0.2, 0) is 4.79 Å². The molecule has 0 aromatic rings. The summed E-state index contributed by atoms with van der Waals surface area (Å²) in [6.07, 6.45) is 8.65. The van der Waals surface area contributed by atoms with E-state index in [2.05, 4.69) is 18.7 Å². The van der Waals surface area contributed by atoms with E-state index < -0.39 is 5.97 Å². The van der Waals surface area contributed by atoms with Crippen molar-refractivity contribution in [2.75, 3.05) is 13.1 Å². The van der Waals surface area contributed by atoms with Gasteiger partial charge in [0.2, 0.25) is 0 Å². The van der Waals surface area contributed by atoms with E-state index in [0.29, 0.717) is 6.04 Å². The topological polar surface area (TPSA) is 40.5 Å². The monoisotopic (exact) mass is 241 g/mol. The van der Waals surface area contributed by atoms with Crippen LogP contribution in [0.2, 0.25) is 0 Å². The Labute approximate surface area is 105 Å². The Balaban J connectivity index is 2.12. The molecule has 0 saturated carbocycles. The second kappa shape index (κ2) is 7.70. The van der Waals surface area contributed by atoms with Crippen molar-refractivity contribution in [3.8, 4) is 0 Å². The molecule has 1 aliphatic heterocycles. The largest absolute Gasteiger partial charge is 0.481 e. The second-order valence-electron chi connectivity index (χ2n) is 5.37. The molecular weight excluding hydrogens is 214 g/mol. The summed E-state index contributed by atoms with van der Waals surface area (Å²) in [6, 6.07) is 0.556. The highest BCUT2D eigenvalue weighted by Gasteiger charge is 2.30. The smallest absolute Gasteiger partial charge is 0.307 e. The highest BCUT2D eigenvalue weighted by atomic mass is 16.4. The van der Waals surface area contributed by atoms with Crippen LogP contribution in [0.15, 0.2) is 0 Å². The molecule has 1 saturated heterocycles. The van der Waals surface area contributed by atoms with Crippen LogP contribution in [-0.4, -0.2) is 35.1 Å². The van der Waals surface area contributed by atoms with Crippen molar-refractivity contribution in [2.24, 2.45) is 5.92 Å². The van der Waals surface area contributed by atoms with Crippen LogP contribution in [0.4, 0.5) is 0 Å². The van der Waals surface area contributed by atoms with Gasteiger partial charge in [-0.2, -0.15) is 0 Å². The fourth-order valence-corrected chi connectivity index (χ4v) is 2.62. The molecule has 1 aliphatic rings. The standard InChI is InChI=1S/C14H27NO2/c1-3-4-5-6-7-8-12(2)15-10-9-13(11-15)14(16)17/h12-13H,3-11H2,1-2H3,(H,16,17). The Morgan fingerprint density at radius 3 is 2.65 bits per heavy atom. The highest BCUT2D eigenvalue weighted by Crippen LogP contribution is 2.21. The lowest BCUT2D eigenvalue weighted by atomic mass is 10.1. The van der Waals surface area contributed by atoms with Crippen LogP contribution >= 0.6 is 0 Å². The van der Waals surface area contributed by atoms with Crippen molar-refractivity contribution >= 4 is 5.97 Å². The molecule has 1 rings (SSSR count). The molecule has 1 heterocycles. The Hall–Kier alpha value is -0.570. The van der Waals surface area contributed by atoms with Gasteiger partial charge in [-0.05, 0) is 26.3 Å². The Morgan fingerprint density at radius 1 is 1.35 bits per heavy atom. The van der Waals surface area contributed by atoms with E-state index in [4.69, 9.17) is 5.11 Å². The molecule has 1 N–H and O–H groups in total. The van der Waals surface area contributed by atoms with Crippen molar-refractivity contribution in [2.45, 2.75) is 64.8 Å². The number of carboxylic acid groups (broad SMARTS) is 1. The average Bonchev–Trinajstić information content (AvgIpc) is 2.78. The minimum absolute atomic E-state index is 0.127. The Kier molecular flexibility index (Phi) is 6.56. The molecular formula is C14H27NO2. The van der Waals surface area contributed by atoms with Crippen LogP contribution in [0.25, 0.3) is 0 Å². The molecule has 2 unspecified atom stereocenters. The SMILES string of the molecule is CCCCCCCC(C)N1CCC(C(=O)O)C1. The first-order valence-corrected chi connectivity index (χ1v) is 7.12. The summed E-state index contributed by atoms with van der Waals surface area (Å²) in [5.41, 5.74) is 0.